The van der Waals surface area contributed by atoms with Crippen molar-refractivity contribution in [1.29, 1.82) is 0 Å². The highest BCUT2D eigenvalue weighted by atomic mass is 35.5. The zero-order valence-corrected chi connectivity index (χ0v) is 16.0. The Morgan fingerprint density at radius 3 is 2.89 bits per heavy atom. The van der Waals surface area contributed by atoms with Crippen LogP contribution in [0, 0.1) is 0 Å². The van der Waals surface area contributed by atoms with Crippen molar-refractivity contribution in [2.24, 2.45) is 0 Å². The van der Waals surface area contributed by atoms with E-state index in [1.165, 1.54) is 11.1 Å². The molecule has 0 atom stereocenters. The van der Waals surface area contributed by atoms with Crippen LogP contribution in [0.15, 0.2) is 48.9 Å². The number of fused-ring (bicyclic) bond motifs is 1. The number of carbonyl (C=O) groups excluding carboxylic acids is 1. The standard InChI is InChI=1S/C20H18Cl2N4O/c21-17-4-1-13(7-18(17)22)10-26-11-19(24-12-26)25-20(27)15-2-3-16-9-23-6-5-14(16)8-15/h1-4,7-8,11-12,23H,5-6,9-10H2,(H,25,27). The van der Waals surface area contributed by atoms with Gasteiger partial charge in [0.25, 0.3) is 5.91 Å². The largest absolute Gasteiger partial charge is 0.331 e. The predicted octanol–water partition coefficient (Wildman–Crippen LogP) is 4.14. The summed E-state index contributed by atoms with van der Waals surface area (Å²) in [5.41, 5.74) is 4.13. The van der Waals surface area contributed by atoms with E-state index in [0.29, 0.717) is 28.0 Å². The molecule has 4 rings (SSSR count). The number of imidazole rings is 1. The maximum atomic E-state index is 12.5. The van der Waals surface area contributed by atoms with E-state index in [0.717, 1.165) is 25.1 Å². The second-order valence-electron chi connectivity index (χ2n) is 6.54. The van der Waals surface area contributed by atoms with Crippen molar-refractivity contribution < 1.29 is 4.79 Å². The van der Waals surface area contributed by atoms with Crippen molar-refractivity contribution in [3.05, 3.63) is 81.2 Å². The van der Waals surface area contributed by atoms with E-state index < -0.39 is 0 Å². The molecule has 0 unspecified atom stereocenters. The highest BCUT2D eigenvalue weighted by Gasteiger charge is 2.13. The van der Waals surface area contributed by atoms with Crippen LogP contribution in [-0.4, -0.2) is 22.0 Å². The molecule has 0 fully saturated rings. The minimum atomic E-state index is -0.156. The lowest BCUT2D eigenvalue weighted by molar-refractivity contribution is 0.102. The Bertz CT molecular complexity index is 999. The van der Waals surface area contributed by atoms with Gasteiger partial charge in [-0.3, -0.25) is 4.79 Å². The molecular weight excluding hydrogens is 383 g/mol. The van der Waals surface area contributed by atoms with Crippen molar-refractivity contribution in [2.45, 2.75) is 19.5 Å². The Balaban J connectivity index is 1.44. The fraction of sp³-hybridized carbons (Fsp3) is 0.200. The Morgan fingerprint density at radius 2 is 2.04 bits per heavy atom. The van der Waals surface area contributed by atoms with E-state index in [-0.39, 0.29) is 5.91 Å². The molecule has 138 valence electrons. The Hall–Kier alpha value is -2.34. The first-order valence-electron chi connectivity index (χ1n) is 8.68. The van der Waals surface area contributed by atoms with Crippen LogP contribution < -0.4 is 10.6 Å². The van der Waals surface area contributed by atoms with Gasteiger partial charge in [-0.15, -0.1) is 0 Å². The summed E-state index contributed by atoms with van der Waals surface area (Å²) in [7, 11) is 0. The normalized spacial score (nSPS) is 13.3. The van der Waals surface area contributed by atoms with Crippen LogP contribution in [0.2, 0.25) is 10.0 Å². The number of hydrogen-bond acceptors (Lipinski definition) is 3. The maximum absolute atomic E-state index is 12.5. The average Bonchev–Trinajstić information content (AvgIpc) is 3.11. The quantitative estimate of drug-likeness (QED) is 0.691. The van der Waals surface area contributed by atoms with Crippen LogP contribution in [0.25, 0.3) is 0 Å². The molecule has 0 spiro atoms. The van der Waals surface area contributed by atoms with Gasteiger partial charge in [0, 0.05) is 24.8 Å². The van der Waals surface area contributed by atoms with Crippen LogP contribution in [0.4, 0.5) is 5.82 Å². The maximum Gasteiger partial charge on any atom is 0.256 e. The van der Waals surface area contributed by atoms with Gasteiger partial charge in [-0.05, 0) is 53.9 Å². The zero-order chi connectivity index (χ0) is 18.8. The summed E-state index contributed by atoms with van der Waals surface area (Å²) >= 11 is 12.0. The summed E-state index contributed by atoms with van der Waals surface area (Å²) in [6, 6.07) is 11.3. The fourth-order valence-electron chi connectivity index (χ4n) is 3.17. The summed E-state index contributed by atoms with van der Waals surface area (Å²) in [6.07, 6.45) is 4.41. The minimum Gasteiger partial charge on any atom is -0.331 e. The van der Waals surface area contributed by atoms with Gasteiger partial charge in [0.15, 0.2) is 5.82 Å². The molecule has 0 radical (unpaired) electrons. The molecule has 1 amide bonds. The SMILES string of the molecule is O=C(Nc1cn(Cc2ccc(Cl)c(Cl)c2)cn1)c1ccc2c(c1)CCNC2. The van der Waals surface area contributed by atoms with Crippen molar-refractivity contribution in [3.63, 3.8) is 0 Å². The van der Waals surface area contributed by atoms with Gasteiger partial charge < -0.3 is 15.2 Å². The lowest BCUT2D eigenvalue weighted by atomic mass is 9.98. The number of carbonyl (C=O) groups is 1. The number of hydrogen-bond donors (Lipinski definition) is 2. The molecule has 0 aliphatic carbocycles. The van der Waals surface area contributed by atoms with Gasteiger partial charge >= 0.3 is 0 Å². The first-order valence-corrected chi connectivity index (χ1v) is 9.43. The number of nitrogens with zero attached hydrogens (tertiary/aromatic N) is 2. The van der Waals surface area contributed by atoms with Crippen LogP contribution in [0.1, 0.15) is 27.0 Å². The molecule has 1 aromatic heterocycles. The number of amides is 1. The van der Waals surface area contributed by atoms with Crippen LogP contribution in [0.3, 0.4) is 0 Å². The van der Waals surface area contributed by atoms with Gasteiger partial charge in [-0.25, -0.2) is 4.98 Å². The van der Waals surface area contributed by atoms with Crippen molar-refractivity contribution in [1.82, 2.24) is 14.9 Å². The summed E-state index contributed by atoms with van der Waals surface area (Å²) in [5, 5.41) is 7.23. The van der Waals surface area contributed by atoms with E-state index in [1.807, 2.05) is 34.9 Å². The van der Waals surface area contributed by atoms with E-state index in [1.54, 1.807) is 18.6 Å². The predicted molar refractivity (Wildman–Crippen MR) is 108 cm³/mol. The molecule has 7 heteroatoms. The average molecular weight is 401 g/mol. The summed E-state index contributed by atoms with van der Waals surface area (Å²) in [5.74, 6) is 0.357. The molecule has 1 aliphatic heterocycles. The van der Waals surface area contributed by atoms with Gasteiger partial charge in [0.2, 0.25) is 0 Å². The number of halogens is 2. The van der Waals surface area contributed by atoms with Crippen LogP contribution in [0.5, 0.6) is 0 Å². The first kappa shape index (κ1) is 18.0. The summed E-state index contributed by atoms with van der Waals surface area (Å²) in [4.78, 5) is 16.8. The summed E-state index contributed by atoms with van der Waals surface area (Å²) < 4.78 is 1.88. The zero-order valence-electron chi connectivity index (χ0n) is 14.5. The highest BCUT2D eigenvalue weighted by Crippen LogP contribution is 2.23. The van der Waals surface area contributed by atoms with Gasteiger partial charge in [-0.1, -0.05) is 35.3 Å². The lowest BCUT2D eigenvalue weighted by Crippen LogP contribution is -2.24. The van der Waals surface area contributed by atoms with E-state index >= 15 is 0 Å². The van der Waals surface area contributed by atoms with Gasteiger partial charge in [-0.2, -0.15) is 0 Å². The van der Waals surface area contributed by atoms with Gasteiger partial charge in [0.1, 0.15) is 0 Å². The van der Waals surface area contributed by atoms with E-state index in [9.17, 15) is 4.79 Å². The Labute approximate surface area is 167 Å². The minimum absolute atomic E-state index is 0.156. The number of benzene rings is 2. The Morgan fingerprint density at radius 1 is 1.15 bits per heavy atom. The molecule has 2 heterocycles. The van der Waals surface area contributed by atoms with Crippen molar-refractivity contribution >= 4 is 34.9 Å². The molecule has 3 aromatic rings. The third kappa shape index (κ3) is 4.16. The number of aromatic nitrogens is 2. The molecule has 27 heavy (non-hydrogen) atoms. The highest BCUT2D eigenvalue weighted by molar-refractivity contribution is 6.42. The third-order valence-electron chi connectivity index (χ3n) is 4.58. The number of anilines is 1. The second-order valence-corrected chi connectivity index (χ2v) is 7.36. The summed E-state index contributed by atoms with van der Waals surface area (Å²) in [6.45, 7) is 2.39. The first-order chi connectivity index (χ1) is 13.1. The molecule has 0 bridgehead atoms. The van der Waals surface area contributed by atoms with Crippen molar-refractivity contribution in [3.8, 4) is 0 Å². The molecule has 2 aromatic carbocycles. The number of nitrogens with one attached hydrogen (secondary N) is 2. The fourth-order valence-corrected chi connectivity index (χ4v) is 3.49. The smallest absolute Gasteiger partial charge is 0.256 e. The lowest BCUT2D eigenvalue weighted by Gasteiger charge is -2.17. The molecule has 0 saturated carbocycles. The third-order valence-corrected chi connectivity index (χ3v) is 5.32. The van der Waals surface area contributed by atoms with E-state index in [4.69, 9.17) is 23.2 Å². The molecule has 1 aliphatic rings. The molecule has 5 nitrogen and oxygen atoms in total. The van der Waals surface area contributed by atoms with Crippen LogP contribution >= 0.6 is 23.2 Å². The Kier molecular flexibility index (Phi) is 5.16. The molecule has 0 saturated heterocycles. The van der Waals surface area contributed by atoms with E-state index in [2.05, 4.69) is 15.6 Å². The monoisotopic (exact) mass is 400 g/mol. The molecule has 2 N–H and O–H groups in total. The second kappa shape index (κ2) is 7.72. The van der Waals surface area contributed by atoms with Crippen LogP contribution in [-0.2, 0) is 19.5 Å². The number of rotatable bonds is 4. The van der Waals surface area contributed by atoms with Crippen molar-refractivity contribution in [2.75, 3.05) is 11.9 Å². The van der Waals surface area contributed by atoms with Gasteiger partial charge in [0.05, 0.1) is 16.4 Å². The molecular formula is C20H18Cl2N4O. The topological polar surface area (TPSA) is 59.0 Å².